The third-order valence-electron chi connectivity index (χ3n) is 3.61. The fourth-order valence-electron chi connectivity index (χ4n) is 2.48. The number of quaternary nitrogens is 1. The van der Waals surface area contributed by atoms with Gasteiger partial charge in [-0.1, -0.05) is 35.9 Å². The quantitative estimate of drug-likeness (QED) is 0.665. The summed E-state index contributed by atoms with van der Waals surface area (Å²) in [6, 6.07) is 15.1. The molecule has 134 valence electrons. The van der Waals surface area contributed by atoms with E-state index in [2.05, 4.69) is 5.32 Å². The van der Waals surface area contributed by atoms with Crippen molar-refractivity contribution in [3.63, 3.8) is 0 Å². The second kappa shape index (κ2) is 9.91. The van der Waals surface area contributed by atoms with Crippen molar-refractivity contribution in [1.82, 2.24) is 5.32 Å². The summed E-state index contributed by atoms with van der Waals surface area (Å²) in [6.07, 6.45) is 0. The molecule has 1 amide bonds. The van der Waals surface area contributed by atoms with Crippen molar-refractivity contribution in [2.24, 2.45) is 0 Å². The van der Waals surface area contributed by atoms with E-state index >= 15 is 0 Å². The van der Waals surface area contributed by atoms with Crippen LogP contribution in [0, 0.1) is 0 Å². The van der Waals surface area contributed by atoms with E-state index in [1.165, 1.54) is 0 Å². The van der Waals surface area contributed by atoms with Gasteiger partial charge in [0.25, 0.3) is 5.91 Å². The van der Waals surface area contributed by atoms with Crippen molar-refractivity contribution in [2.45, 2.75) is 6.54 Å². The minimum atomic E-state index is -0.0110. The monoisotopic (exact) mass is 363 g/mol. The molecule has 0 aliphatic carbocycles. The Morgan fingerprint density at radius 1 is 1.16 bits per heavy atom. The predicted octanol–water partition coefficient (Wildman–Crippen LogP) is 1.56. The van der Waals surface area contributed by atoms with E-state index in [0.29, 0.717) is 36.2 Å². The van der Waals surface area contributed by atoms with Gasteiger partial charge in [0.2, 0.25) is 0 Å². The zero-order chi connectivity index (χ0) is 18.1. The zero-order valence-electron chi connectivity index (χ0n) is 14.5. The Labute approximate surface area is 153 Å². The largest absolute Gasteiger partial charge is 0.493 e. The highest BCUT2D eigenvalue weighted by atomic mass is 35.5. The Bertz CT molecular complexity index is 694. The summed E-state index contributed by atoms with van der Waals surface area (Å²) in [7, 11) is 3.58. The fourth-order valence-corrected chi connectivity index (χ4v) is 2.70. The number of amides is 1. The molecule has 0 bridgehead atoms. The first-order valence-corrected chi connectivity index (χ1v) is 8.54. The predicted molar refractivity (Wildman–Crippen MR) is 98.4 cm³/mol. The Morgan fingerprint density at radius 2 is 1.92 bits per heavy atom. The van der Waals surface area contributed by atoms with E-state index in [1.54, 1.807) is 7.11 Å². The van der Waals surface area contributed by atoms with Crippen LogP contribution in [-0.2, 0) is 11.3 Å². The number of hydrogen-bond acceptors (Lipinski definition) is 3. The standard InChI is InChI=1S/C19H23ClN2O3/c1-22(13-15-6-5-7-16(20)12-15)14-19(23)21-10-11-25-18-9-4-3-8-17(18)24-2/h3-9,12H,10-11,13-14H2,1-2H3,(H,21,23)/p+1. The second-order valence-electron chi connectivity index (χ2n) is 5.79. The van der Waals surface area contributed by atoms with Gasteiger partial charge in [-0.2, -0.15) is 0 Å². The van der Waals surface area contributed by atoms with Gasteiger partial charge in [0.1, 0.15) is 13.2 Å². The molecular formula is C19H24ClN2O3+. The van der Waals surface area contributed by atoms with Gasteiger partial charge in [0.05, 0.1) is 20.7 Å². The van der Waals surface area contributed by atoms with Crippen LogP contribution >= 0.6 is 11.6 Å². The number of ether oxygens (including phenoxy) is 2. The molecule has 2 rings (SSSR count). The lowest BCUT2D eigenvalue weighted by molar-refractivity contribution is -0.885. The maximum atomic E-state index is 12.0. The molecule has 6 heteroatoms. The van der Waals surface area contributed by atoms with Crippen LogP contribution in [0.4, 0.5) is 0 Å². The number of carbonyl (C=O) groups excluding carboxylic acids is 1. The number of rotatable bonds is 9. The van der Waals surface area contributed by atoms with Crippen LogP contribution in [0.3, 0.4) is 0 Å². The van der Waals surface area contributed by atoms with Crippen LogP contribution in [0.5, 0.6) is 11.5 Å². The average molecular weight is 364 g/mol. The van der Waals surface area contributed by atoms with Gasteiger partial charge in [0, 0.05) is 10.6 Å². The normalized spacial score (nSPS) is 11.6. The van der Waals surface area contributed by atoms with Crippen LogP contribution in [0.2, 0.25) is 5.02 Å². The summed E-state index contributed by atoms with van der Waals surface area (Å²) in [6.45, 7) is 1.97. The Hall–Kier alpha value is -2.24. The van der Waals surface area contributed by atoms with E-state index in [-0.39, 0.29) is 5.91 Å². The van der Waals surface area contributed by atoms with Crippen molar-refractivity contribution in [2.75, 3.05) is 33.9 Å². The highest BCUT2D eigenvalue weighted by Crippen LogP contribution is 2.25. The molecule has 2 N–H and O–H groups in total. The maximum absolute atomic E-state index is 12.0. The smallest absolute Gasteiger partial charge is 0.275 e. The molecule has 0 radical (unpaired) electrons. The van der Waals surface area contributed by atoms with Crippen molar-refractivity contribution in [3.05, 3.63) is 59.1 Å². The van der Waals surface area contributed by atoms with E-state index < -0.39 is 0 Å². The first-order valence-electron chi connectivity index (χ1n) is 8.16. The highest BCUT2D eigenvalue weighted by molar-refractivity contribution is 6.30. The topological polar surface area (TPSA) is 52.0 Å². The number of methoxy groups -OCH3 is 1. The summed E-state index contributed by atoms with van der Waals surface area (Å²) in [5, 5.41) is 3.58. The Morgan fingerprint density at radius 3 is 2.64 bits per heavy atom. The lowest BCUT2D eigenvalue weighted by Gasteiger charge is -2.14. The molecule has 2 aromatic carbocycles. The molecule has 0 aromatic heterocycles. The summed E-state index contributed by atoms with van der Waals surface area (Å²) in [5.74, 6) is 1.34. The van der Waals surface area contributed by atoms with E-state index in [9.17, 15) is 4.79 Å². The summed E-state index contributed by atoms with van der Waals surface area (Å²) in [4.78, 5) is 13.1. The summed E-state index contributed by atoms with van der Waals surface area (Å²) >= 11 is 5.98. The molecule has 0 saturated heterocycles. The lowest BCUT2D eigenvalue weighted by atomic mass is 10.2. The highest BCUT2D eigenvalue weighted by Gasteiger charge is 2.10. The van der Waals surface area contributed by atoms with Gasteiger partial charge in [0.15, 0.2) is 18.0 Å². The molecule has 0 aliphatic heterocycles. The number of para-hydroxylation sites is 2. The minimum Gasteiger partial charge on any atom is -0.493 e. The maximum Gasteiger partial charge on any atom is 0.275 e. The van der Waals surface area contributed by atoms with E-state index in [4.69, 9.17) is 21.1 Å². The number of benzene rings is 2. The van der Waals surface area contributed by atoms with E-state index in [1.807, 2.05) is 55.6 Å². The number of carbonyl (C=O) groups is 1. The van der Waals surface area contributed by atoms with Crippen molar-refractivity contribution in [1.29, 1.82) is 0 Å². The third kappa shape index (κ3) is 6.64. The molecule has 2 aromatic rings. The second-order valence-corrected chi connectivity index (χ2v) is 6.23. The fraction of sp³-hybridized carbons (Fsp3) is 0.316. The van der Waals surface area contributed by atoms with Gasteiger partial charge in [-0.3, -0.25) is 4.79 Å². The molecule has 0 spiro atoms. The van der Waals surface area contributed by atoms with Gasteiger partial charge < -0.3 is 19.7 Å². The van der Waals surface area contributed by atoms with Crippen molar-refractivity contribution >= 4 is 17.5 Å². The zero-order valence-corrected chi connectivity index (χ0v) is 15.3. The summed E-state index contributed by atoms with van der Waals surface area (Å²) < 4.78 is 10.8. The third-order valence-corrected chi connectivity index (χ3v) is 3.84. The summed E-state index contributed by atoms with van der Waals surface area (Å²) in [5.41, 5.74) is 1.11. The Kier molecular flexibility index (Phi) is 7.57. The molecule has 0 aliphatic rings. The molecular weight excluding hydrogens is 340 g/mol. The Balaban J connectivity index is 1.68. The lowest BCUT2D eigenvalue weighted by Crippen LogP contribution is -3.08. The van der Waals surface area contributed by atoms with E-state index in [0.717, 1.165) is 17.0 Å². The molecule has 5 nitrogen and oxygen atoms in total. The first-order chi connectivity index (χ1) is 12.1. The van der Waals surface area contributed by atoms with Gasteiger partial charge in [-0.05, 0) is 24.3 Å². The van der Waals surface area contributed by atoms with Gasteiger partial charge >= 0.3 is 0 Å². The van der Waals surface area contributed by atoms with Crippen LogP contribution < -0.4 is 19.7 Å². The van der Waals surface area contributed by atoms with Crippen LogP contribution in [0.1, 0.15) is 5.56 Å². The minimum absolute atomic E-state index is 0.0110. The molecule has 0 heterocycles. The van der Waals surface area contributed by atoms with Crippen LogP contribution in [-0.4, -0.2) is 39.8 Å². The number of halogens is 1. The number of hydrogen-bond donors (Lipinski definition) is 2. The number of nitrogens with one attached hydrogen (secondary N) is 2. The number of likely N-dealkylation sites (N-methyl/N-ethyl adjacent to an activating group) is 1. The van der Waals surface area contributed by atoms with Crippen LogP contribution in [0.15, 0.2) is 48.5 Å². The first kappa shape index (κ1) is 19.1. The molecule has 25 heavy (non-hydrogen) atoms. The average Bonchev–Trinajstić information content (AvgIpc) is 2.59. The van der Waals surface area contributed by atoms with Crippen molar-refractivity contribution in [3.8, 4) is 11.5 Å². The molecule has 1 atom stereocenters. The van der Waals surface area contributed by atoms with Crippen molar-refractivity contribution < 1.29 is 19.2 Å². The van der Waals surface area contributed by atoms with Gasteiger partial charge in [-0.15, -0.1) is 0 Å². The van der Waals surface area contributed by atoms with Gasteiger partial charge in [-0.25, -0.2) is 0 Å². The molecule has 0 fully saturated rings. The molecule has 0 saturated carbocycles. The molecule has 1 unspecified atom stereocenters. The SMILES string of the molecule is COc1ccccc1OCCNC(=O)C[NH+](C)Cc1cccc(Cl)c1. The van der Waals surface area contributed by atoms with Crippen LogP contribution in [0.25, 0.3) is 0 Å².